The number of benzene rings is 2. The summed E-state index contributed by atoms with van der Waals surface area (Å²) in [5.41, 5.74) is 1.51. The molecule has 0 aliphatic heterocycles. The maximum absolute atomic E-state index is 12.5. The first-order valence-corrected chi connectivity index (χ1v) is 8.39. The fourth-order valence-electron chi connectivity index (χ4n) is 2.60. The van der Waals surface area contributed by atoms with E-state index in [-0.39, 0.29) is 6.03 Å². The molecule has 3 aromatic rings. The lowest BCUT2D eigenvalue weighted by atomic mass is 10.1. The topological polar surface area (TPSA) is 68.2 Å². The zero-order valence-corrected chi connectivity index (χ0v) is 15.2. The first-order valence-electron chi connectivity index (χ1n) is 8.01. The number of amides is 2. The molecular weight excluding hydrogens is 352 g/mol. The summed E-state index contributed by atoms with van der Waals surface area (Å²) in [6, 6.07) is 13.7. The summed E-state index contributed by atoms with van der Waals surface area (Å²) in [5, 5.41) is 6.38. The van der Waals surface area contributed by atoms with Crippen LogP contribution < -0.4 is 15.4 Å². The SMILES string of the molecule is COc1cccc([C@@H](NC(=O)Nc2ccc(Cl)cc2)c2nccn2C)c1. The lowest BCUT2D eigenvalue weighted by Gasteiger charge is -2.20. The Labute approximate surface area is 156 Å². The fourth-order valence-corrected chi connectivity index (χ4v) is 2.73. The second-order valence-electron chi connectivity index (χ2n) is 5.71. The van der Waals surface area contributed by atoms with Crippen LogP contribution >= 0.6 is 11.6 Å². The monoisotopic (exact) mass is 370 g/mol. The van der Waals surface area contributed by atoms with Crippen LogP contribution in [0.4, 0.5) is 10.5 Å². The molecule has 2 N–H and O–H groups in total. The molecule has 2 aromatic carbocycles. The van der Waals surface area contributed by atoms with Crippen LogP contribution in [0.5, 0.6) is 5.75 Å². The second kappa shape index (κ2) is 7.93. The lowest BCUT2D eigenvalue weighted by Crippen LogP contribution is -2.34. The Hall–Kier alpha value is -2.99. The largest absolute Gasteiger partial charge is 0.497 e. The number of aryl methyl sites for hydroxylation is 1. The van der Waals surface area contributed by atoms with Crippen molar-refractivity contribution in [2.24, 2.45) is 7.05 Å². The van der Waals surface area contributed by atoms with E-state index in [9.17, 15) is 4.79 Å². The Kier molecular flexibility index (Phi) is 5.43. The van der Waals surface area contributed by atoms with Crippen LogP contribution in [0, 0.1) is 0 Å². The average Bonchev–Trinajstić information content (AvgIpc) is 3.07. The molecule has 2 amide bonds. The Morgan fingerprint density at radius 1 is 1.23 bits per heavy atom. The molecule has 0 aliphatic carbocycles. The van der Waals surface area contributed by atoms with Crippen LogP contribution in [0.3, 0.4) is 0 Å². The van der Waals surface area contributed by atoms with E-state index in [4.69, 9.17) is 16.3 Å². The molecule has 3 rings (SSSR count). The number of halogens is 1. The van der Waals surface area contributed by atoms with Gasteiger partial charge in [0.1, 0.15) is 17.6 Å². The average molecular weight is 371 g/mol. The number of urea groups is 1. The highest BCUT2D eigenvalue weighted by atomic mass is 35.5. The van der Waals surface area contributed by atoms with Crippen LogP contribution in [0.25, 0.3) is 0 Å². The summed E-state index contributed by atoms with van der Waals surface area (Å²) in [7, 11) is 3.49. The van der Waals surface area contributed by atoms with Crippen LogP contribution in [0.2, 0.25) is 5.02 Å². The standard InChI is InChI=1S/C19H19ClN4O2/c1-24-11-10-21-18(24)17(13-4-3-5-16(12-13)26-2)23-19(25)22-15-8-6-14(20)7-9-15/h3-12,17H,1-2H3,(H2,22,23,25)/t17-/m1/s1. The van der Waals surface area contributed by atoms with Gasteiger partial charge in [0.2, 0.25) is 0 Å². The van der Waals surface area contributed by atoms with Crippen molar-refractivity contribution in [3.63, 3.8) is 0 Å². The molecule has 26 heavy (non-hydrogen) atoms. The Morgan fingerprint density at radius 3 is 2.65 bits per heavy atom. The summed E-state index contributed by atoms with van der Waals surface area (Å²) < 4.78 is 7.16. The molecular formula is C19H19ClN4O2. The van der Waals surface area contributed by atoms with Crippen LogP contribution in [0.1, 0.15) is 17.4 Å². The van der Waals surface area contributed by atoms with Crippen LogP contribution in [-0.2, 0) is 7.05 Å². The number of imidazole rings is 1. The molecule has 134 valence electrons. The minimum atomic E-state index is -0.433. The molecule has 0 spiro atoms. The third-order valence-electron chi connectivity index (χ3n) is 3.92. The number of nitrogens with one attached hydrogen (secondary N) is 2. The summed E-state index contributed by atoms with van der Waals surface area (Å²) in [5.74, 6) is 1.42. The zero-order chi connectivity index (χ0) is 18.5. The normalized spacial score (nSPS) is 11.7. The van der Waals surface area contributed by atoms with E-state index in [1.807, 2.05) is 42.1 Å². The Morgan fingerprint density at radius 2 is 2.00 bits per heavy atom. The van der Waals surface area contributed by atoms with E-state index in [1.54, 1.807) is 37.6 Å². The number of rotatable bonds is 5. The van der Waals surface area contributed by atoms with E-state index in [0.717, 1.165) is 5.56 Å². The predicted octanol–water partition coefficient (Wildman–Crippen LogP) is 3.99. The van der Waals surface area contributed by atoms with Gasteiger partial charge in [0, 0.05) is 30.2 Å². The van der Waals surface area contributed by atoms with Gasteiger partial charge in [0.25, 0.3) is 0 Å². The van der Waals surface area contributed by atoms with Crippen molar-refractivity contribution in [3.8, 4) is 5.75 Å². The molecule has 0 aliphatic rings. The Balaban J connectivity index is 1.85. The number of carbonyl (C=O) groups excluding carboxylic acids is 1. The fraction of sp³-hybridized carbons (Fsp3) is 0.158. The lowest BCUT2D eigenvalue weighted by molar-refractivity contribution is 0.249. The van der Waals surface area contributed by atoms with Crippen molar-refractivity contribution in [1.29, 1.82) is 0 Å². The first kappa shape index (κ1) is 17.8. The van der Waals surface area contributed by atoms with Crippen molar-refractivity contribution in [2.75, 3.05) is 12.4 Å². The van der Waals surface area contributed by atoms with Crippen molar-refractivity contribution in [2.45, 2.75) is 6.04 Å². The van der Waals surface area contributed by atoms with Gasteiger partial charge in [0.15, 0.2) is 0 Å². The highest BCUT2D eigenvalue weighted by Gasteiger charge is 2.21. The van der Waals surface area contributed by atoms with E-state index in [2.05, 4.69) is 15.6 Å². The molecule has 0 radical (unpaired) electrons. The quantitative estimate of drug-likeness (QED) is 0.713. The second-order valence-corrected chi connectivity index (χ2v) is 6.15. The molecule has 1 aromatic heterocycles. The third kappa shape index (κ3) is 4.15. The smallest absolute Gasteiger partial charge is 0.320 e. The summed E-state index contributed by atoms with van der Waals surface area (Å²) in [4.78, 5) is 16.9. The van der Waals surface area contributed by atoms with Gasteiger partial charge >= 0.3 is 6.03 Å². The maximum Gasteiger partial charge on any atom is 0.320 e. The van der Waals surface area contributed by atoms with Crippen LogP contribution in [0.15, 0.2) is 60.9 Å². The number of hydrogen-bond acceptors (Lipinski definition) is 3. The number of hydrogen-bond donors (Lipinski definition) is 2. The number of ether oxygens (including phenoxy) is 1. The van der Waals surface area contributed by atoms with Gasteiger partial charge in [0.05, 0.1) is 7.11 Å². The number of anilines is 1. The van der Waals surface area contributed by atoms with Gasteiger partial charge in [-0.1, -0.05) is 23.7 Å². The van der Waals surface area contributed by atoms with E-state index in [1.165, 1.54) is 0 Å². The van der Waals surface area contributed by atoms with Gasteiger partial charge < -0.3 is 19.9 Å². The third-order valence-corrected chi connectivity index (χ3v) is 4.17. The molecule has 6 nitrogen and oxygen atoms in total. The van der Waals surface area contributed by atoms with Crippen molar-refractivity contribution in [3.05, 3.63) is 77.3 Å². The van der Waals surface area contributed by atoms with Gasteiger partial charge in [-0.15, -0.1) is 0 Å². The number of carbonyl (C=O) groups is 1. The molecule has 7 heteroatoms. The number of methoxy groups -OCH3 is 1. The molecule has 1 atom stereocenters. The highest BCUT2D eigenvalue weighted by Crippen LogP contribution is 2.24. The van der Waals surface area contributed by atoms with Crippen LogP contribution in [-0.4, -0.2) is 22.7 Å². The predicted molar refractivity (Wildman–Crippen MR) is 102 cm³/mol. The van der Waals surface area contributed by atoms with Gasteiger partial charge in [-0.05, 0) is 42.0 Å². The molecule has 0 saturated carbocycles. The summed E-state index contributed by atoms with van der Waals surface area (Å²) in [6.07, 6.45) is 3.53. The van der Waals surface area contributed by atoms with E-state index >= 15 is 0 Å². The molecule has 1 heterocycles. The van der Waals surface area contributed by atoms with Crippen molar-refractivity contribution < 1.29 is 9.53 Å². The first-order chi connectivity index (χ1) is 12.6. The minimum absolute atomic E-state index is 0.344. The summed E-state index contributed by atoms with van der Waals surface area (Å²) >= 11 is 5.87. The highest BCUT2D eigenvalue weighted by molar-refractivity contribution is 6.30. The van der Waals surface area contributed by atoms with Gasteiger partial charge in [-0.25, -0.2) is 9.78 Å². The maximum atomic E-state index is 12.5. The number of aromatic nitrogens is 2. The molecule has 0 fully saturated rings. The summed E-state index contributed by atoms with van der Waals surface area (Å²) in [6.45, 7) is 0. The van der Waals surface area contributed by atoms with Crippen molar-refractivity contribution in [1.82, 2.24) is 14.9 Å². The molecule has 0 saturated heterocycles. The van der Waals surface area contributed by atoms with E-state index < -0.39 is 6.04 Å². The van der Waals surface area contributed by atoms with Gasteiger partial charge in [-0.3, -0.25) is 0 Å². The number of nitrogens with zero attached hydrogens (tertiary/aromatic N) is 2. The zero-order valence-electron chi connectivity index (χ0n) is 14.4. The molecule has 0 bridgehead atoms. The minimum Gasteiger partial charge on any atom is -0.497 e. The van der Waals surface area contributed by atoms with Gasteiger partial charge in [-0.2, -0.15) is 0 Å². The Bertz CT molecular complexity index is 893. The van der Waals surface area contributed by atoms with E-state index in [0.29, 0.717) is 22.3 Å². The molecule has 0 unspecified atom stereocenters. The van der Waals surface area contributed by atoms with Crippen molar-refractivity contribution >= 4 is 23.3 Å².